The number of Topliss-reactive ketones (excluding diaryl/α,β-unsaturated/α-hetero) is 2. The second-order valence-corrected chi connectivity index (χ2v) is 4.74. The van der Waals surface area contributed by atoms with Gasteiger partial charge in [-0.1, -0.05) is 0 Å². The highest BCUT2D eigenvalue weighted by Crippen LogP contribution is 2.16. The molecule has 1 aromatic carbocycles. The molecular weight excluding hydrogens is 300 g/mol. The van der Waals surface area contributed by atoms with Gasteiger partial charge in [0, 0.05) is 12.2 Å². The van der Waals surface area contributed by atoms with E-state index in [0.717, 1.165) is 0 Å². The third-order valence-electron chi connectivity index (χ3n) is 3.10. The van der Waals surface area contributed by atoms with Crippen molar-refractivity contribution in [2.24, 2.45) is 5.92 Å². The van der Waals surface area contributed by atoms with Crippen LogP contribution in [0.2, 0.25) is 0 Å². The van der Waals surface area contributed by atoms with Gasteiger partial charge in [0.15, 0.2) is 5.78 Å². The van der Waals surface area contributed by atoms with Gasteiger partial charge in [-0.25, -0.2) is 4.79 Å². The van der Waals surface area contributed by atoms with Crippen LogP contribution in [0.1, 0.15) is 31.1 Å². The Kier molecular flexibility index (Phi) is 7.97. The second kappa shape index (κ2) is 9.74. The molecule has 23 heavy (non-hydrogen) atoms. The first-order chi connectivity index (χ1) is 11.0. The Morgan fingerprint density at radius 3 is 2.22 bits per heavy atom. The molecular formula is C17H22O6. The summed E-state index contributed by atoms with van der Waals surface area (Å²) >= 11 is 0. The van der Waals surface area contributed by atoms with Crippen LogP contribution in [0.15, 0.2) is 24.3 Å². The standard InChI is InChI=1S/C17H22O6/c1-4-21-10-11-23-14-8-6-13(7-9-14)15(18)12(3)16(19)17(20)22-5-2/h6-9,12H,4-5,10-11H2,1-3H3. The summed E-state index contributed by atoms with van der Waals surface area (Å²) in [5, 5.41) is 0. The minimum absolute atomic E-state index is 0.0965. The number of esters is 1. The lowest BCUT2D eigenvalue weighted by atomic mass is 9.95. The SMILES string of the molecule is CCOCCOc1ccc(C(=O)C(C)C(=O)C(=O)OCC)cc1. The molecule has 1 atom stereocenters. The molecule has 1 aromatic rings. The van der Waals surface area contributed by atoms with Gasteiger partial charge >= 0.3 is 5.97 Å². The van der Waals surface area contributed by atoms with Crippen molar-refractivity contribution in [3.8, 4) is 5.75 Å². The molecule has 0 N–H and O–H groups in total. The van der Waals surface area contributed by atoms with Crippen molar-refractivity contribution >= 4 is 17.5 Å². The number of carbonyl (C=O) groups excluding carboxylic acids is 3. The Morgan fingerprint density at radius 1 is 1.00 bits per heavy atom. The van der Waals surface area contributed by atoms with Crippen LogP contribution in [0, 0.1) is 5.92 Å². The predicted octanol–water partition coefficient (Wildman–Crippen LogP) is 2.05. The fourth-order valence-corrected chi connectivity index (χ4v) is 1.83. The average molecular weight is 322 g/mol. The molecule has 0 amide bonds. The monoisotopic (exact) mass is 322 g/mol. The highest BCUT2D eigenvalue weighted by molar-refractivity contribution is 6.39. The van der Waals surface area contributed by atoms with Gasteiger partial charge in [0.1, 0.15) is 12.4 Å². The highest BCUT2D eigenvalue weighted by Gasteiger charge is 2.29. The lowest BCUT2D eigenvalue weighted by molar-refractivity contribution is -0.154. The molecule has 0 fully saturated rings. The highest BCUT2D eigenvalue weighted by atomic mass is 16.5. The Morgan fingerprint density at radius 2 is 1.65 bits per heavy atom. The second-order valence-electron chi connectivity index (χ2n) is 4.74. The first kappa shape index (κ1) is 18.8. The minimum atomic E-state index is -1.07. The summed E-state index contributed by atoms with van der Waals surface area (Å²) in [6.45, 7) is 6.53. The molecule has 0 bridgehead atoms. The van der Waals surface area contributed by atoms with E-state index >= 15 is 0 Å². The summed E-state index contributed by atoms with van der Waals surface area (Å²) < 4.78 is 15.2. The van der Waals surface area contributed by atoms with Crippen LogP contribution in [-0.4, -0.2) is 44.0 Å². The van der Waals surface area contributed by atoms with E-state index in [-0.39, 0.29) is 6.61 Å². The van der Waals surface area contributed by atoms with Crippen LogP contribution in [0.3, 0.4) is 0 Å². The van der Waals surface area contributed by atoms with E-state index in [1.165, 1.54) is 6.92 Å². The summed E-state index contributed by atoms with van der Waals surface area (Å²) in [6, 6.07) is 6.40. The zero-order chi connectivity index (χ0) is 17.2. The molecule has 1 rings (SSSR count). The molecule has 6 nitrogen and oxygen atoms in total. The maximum absolute atomic E-state index is 12.2. The van der Waals surface area contributed by atoms with Gasteiger partial charge in [-0.15, -0.1) is 0 Å². The molecule has 0 aliphatic heterocycles. The number of ether oxygens (including phenoxy) is 3. The summed E-state index contributed by atoms with van der Waals surface area (Å²) in [4.78, 5) is 35.4. The Balaban J connectivity index is 2.62. The van der Waals surface area contributed by atoms with E-state index in [0.29, 0.717) is 31.1 Å². The molecule has 6 heteroatoms. The molecule has 0 radical (unpaired) electrons. The van der Waals surface area contributed by atoms with Crippen molar-refractivity contribution in [2.75, 3.05) is 26.4 Å². The Bertz CT molecular complexity index is 535. The van der Waals surface area contributed by atoms with Gasteiger partial charge in [-0.3, -0.25) is 9.59 Å². The van der Waals surface area contributed by atoms with Crippen molar-refractivity contribution < 1.29 is 28.6 Å². The van der Waals surface area contributed by atoms with Gasteiger partial charge in [0.05, 0.1) is 19.1 Å². The van der Waals surface area contributed by atoms with Crippen molar-refractivity contribution in [1.82, 2.24) is 0 Å². The largest absolute Gasteiger partial charge is 0.491 e. The topological polar surface area (TPSA) is 78.9 Å². The normalized spacial score (nSPS) is 11.6. The molecule has 0 saturated heterocycles. The quantitative estimate of drug-likeness (QED) is 0.216. The van der Waals surface area contributed by atoms with Crippen LogP contribution in [-0.2, 0) is 19.1 Å². The van der Waals surface area contributed by atoms with Gasteiger partial charge in [-0.2, -0.15) is 0 Å². The number of carbonyl (C=O) groups is 3. The van der Waals surface area contributed by atoms with Gasteiger partial charge in [-0.05, 0) is 45.0 Å². The lowest BCUT2D eigenvalue weighted by Gasteiger charge is -2.10. The van der Waals surface area contributed by atoms with E-state index < -0.39 is 23.5 Å². The van der Waals surface area contributed by atoms with Crippen LogP contribution < -0.4 is 4.74 Å². The van der Waals surface area contributed by atoms with E-state index in [1.54, 1.807) is 31.2 Å². The minimum Gasteiger partial charge on any atom is -0.491 e. The number of ketones is 2. The zero-order valence-corrected chi connectivity index (χ0v) is 13.7. The van der Waals surface area contributed by atoms with Crippen molar-refractivity contribution in [1.29, 1.82) is 0 Å². The summed E-state index contributed by atoms with van der Waals surface area (Å²) in [7, 11) is 0. The third-order valence-corrected chi connectivity index (χ3v) is 3.10. The fourth-order valence-electron chi connectivity index (χ4n) is 1.83. The smallest absolute Gasteiger partial charge is 0.375 e. The van der Waals surface area contributed by atoms with E-state index in [4.69, 9.17) is 9.47 Å². The first-order valence-electron chi connectivity index (χ1n) is 7.57. The van der Waals surface area contributed by atoms with Crippen LogP contribution in [0.5, 0.6) is 5.75 Å². The molecule has 0 spiro atoms. The van der Waals surface area contributed by atoms with Gasteiger partial charge in [0.2, 0.25) is 0 Å². The number of hydrogen-bond acceptors (Lipinski definition) is 6. The molecule has 0 aliphatic rings. The van der Waals surface area contributed by atoms with Crippen LogP contribution in [0.25, 0.3) is 0 Å². The van der Waals surface area contributed by atoms with Crippen molar-refractivity contribution in [3.05, 3.63) is 29.8 Å². The van der Waals surface area contributed by atoms with E-state index in [9.17, 15) is 14.4 Å². The number of hydrogen-bond donors (Lipinski definition) is 0. The Hall–Kier alpha value is -2.21. The maximum atomic E-state index is 12.2. The molecule has 126 valence electrons. The van der Waals surface area contributed by atoms with Crippen molar-refractivity contribution in [2.45, 2.75) is 20.8 Å². The maximum Gasteiger partial charge on any atom is 0.375 e. The molecule has 0 aromatic heterocycles. The first-order valence-corrected chi connectivity index (χ1v) is 7.57. The Labute approximate surface area is 135 Å². The lowest BCUT2D eigenvalue weighted by Crippen LogP contribution is -2.29. The van der Waals surface area contributed by atoms with Gasteiger partial charge < -0.3 is 14.2 Å². The summed E-state index contributed by atoms with van der Waals surface area (Å²) in [5.74, 6) is -2.72. The van der Waals surface area contributed by atoms with E-state index in [2.05, 4.69) is 4.74 Å². The molecule has 0 aliphatic carbocycles. The third kappa shape index (κ3) is 5.83. The average Bonchev–Trinajstić information content (AvgIpc) is 2.57. The predicted molar refractivity (Wildman–Crippen MR) is 83.6 cm³/mol. The molecule has 1 unspecified atom stereocenters. The van der Waals surface area contributed by atoms with Crippen LogP contribution >= 0.6 is 0 Å². The van der Waals surface area contributed by atoms with Crippen LogP contribution in [0.4, 0.5) is 0 Å². The summed E-state index contributed by atoms with van der Waals surface area (Å²) in [6.07, 6.45) is 0. The molecule has 0 heterocycles. The van der Waals surface area contributed by atoms with E-state index in [1.807, 2.05) is 6.92 Å². The molecule has 0 saturated carbocycles. The summed E-state index contributed by atoms with van der Waals surface area (Å²) in [5.41, 5.74) is 0.340. The zero-order valence-electron chi connectivity index (χ0n) is 13.7. The fraction of sp³-hybridized carbons (Fsp3) is 0.471. The van der Waals surface area contributed by atoms with Crippen molar-refractivity contribution in [3.63, 3.8) is 0 Å². The number of benzene rings is 1. The van der Waals surface area contributed by atoms with Gasteiger partial charge in [0.25, 0.3) is 5.78 Å². The number of rotatable bonds is 10.